The van der Waals surface area contributed by atoms with Crippen LogP contribution in [0, 0.1) is 5.38 Å². The molecule has 0 aliphatic heterocycles. The predicted octanol–water partition coefficient (Wildman–Crippen LogP) is 4.59. The summed E-state index contributed by atoms with van der Waals surface area (Å²) in [4.78, 5) is 1.35. The van der Waals surface area contributed by atoms with Crippen molar-refractivity contribution in [3.8, 4) is 0 Å². The first-order chi connectivity index (χ1) is 6.54. The second-order valence-electron chi connectivity index (χ2n) is 4.28. The van der Waals surface area contributed by atoms with Crippen molar-refractivity contribution in [2.75, 3.05) is 0 Å². The van der Waals surface area contributed by atoms with Crippen molar-refractivity contribution in [1.29, 1.82) is 0 Å². The molecule has 0 saturated heterocycles. The van der Waals surface area contributed by atoms with Crippen LogP contribution in [0.3, 0.4) is 0 Å². The minimum absolute atomic E-state index is 0.286. The number of fused-ring (bicyclic) bond motifs is 1. The van der Waals surface area contributed by atoms with Crippen molar-refractivity contribution in [2.24, 2.45) is 0 Å². The van der Waals surface area contributed by atoms with E-state index in [9.17, 15) is 0 Å². The highest BCUT2D eigenvalue weighted by atomic mass is 32.2. The van der Waals surface area contributed by atoms with Gasteiger partial charge in [0.25, 0.3) is 0 Å². The van der Waals surface area contributed by atoms with E-state index in [0.29, 0.717) is 0 Å². The average molecular weight is 221 g/mol. The Morgan fingerprint density at radius 1 is 1.29 bits per heavy atom. The summed E-state index contributed by atoms with van der Waals surface area (Å²) in [6.45, 7) is 6.72. The fourth-order valence-corrected chi connectivity index (χ4v) is 3.13. The van der Waals surface area contributed by atoms with Gasteiger partial charge in [-0.05, 0) is 23.6 Å². The van der Waals surface area contributed by atoms with Crippen molar-refractivity contribution >= 4 is 33.2 Å². The van der Waals surface area contributed by atoms with Crippen molar-refractivity contribution in [3.05, 3.63) is 29.6 Å². The summed E-state index contributed by atoms with van der Waals surface area (Å²) < 4.78 is 1.62. The highest BCUT2D eigenvalue weighted by Gasteiger charge is 2.12. The van der Waals surface area contributed by atoms with Crippen LogP contribution in [0.2, 0.25) is 0 Å². The summed E-state index contributed by atoms with van der Waals surface area (Å²) in [5.74, 6) is 0. The molecule has 1 radical (unpaired) electrons. The lowest BCUT2D eigenvalue weighted by molar-refractivity contribution is 0.803. The molecular weight excluding hydrogens is 208 g/mol. The molecular formula is C12H13S2. The molecule has 14 heavy (non-hydrogen) atoms. The highest BCUT2D eigenvalue weighted by Crippen LogP contribution is 2.34. The minimum Gasteiger partial charge on any atom is -0.134 e. The van der Waals surface area contributed by atoms with Gasteiger partial charge in [-0.15, -0.1) is 23.1 Å². The number of benzene rings is 1. The summed E-state index contributed by atoms with van der Waals surface area (Å²) in [7, 11) is 0. The molecule has 1 heterocycles. The Bertz CT molecular complexity index is 435. The molecule has 0 spiro atoms. The van der Waals surface area contributed by atoms with Gasteiger partial charge in [0.2, 0.25) is 0 Å². The maximum atomic E-state index is 3.16. The van der Waals surface area contributed by atoms with Crippen molar-refractivity contribution in [2.45, 2.75) is 30.4 Å². The summed E-state index contributed by atoms with van der Waals surface area (Å²) in [5.41, 5.74) is 0. The molecule has 2 aromatic rings. The zero-order chi connectivity index (χ0) is 10.2. The van der Waals surface area contributed by atoms with E-state index in [-0.39, 0.29) is 4.75 Å². The minimum atomic E-state index is 0.286. The van der Waals surface area contributed by atoms with Crippen molar-refractivity contribution in [3.63, 3.8) is 0 Å². The maximum Gasteiger partial charge on any atom is 0.0455 e. The number of hydrogen-bond donors (Lipinski definition) is 0. The van der Waals surface area contributed by atoms with Crippen molar-refractivity contribution in [1.82, 2.24) is 0 Å². The third-order valence-electron chi connectivity index (χ3n) is 1.79. The number of thioether (sulfide) groups is 1. The summed E-state index contributed by atoms with van der Waals surface area (Å²) >= 11 is 3.60. The van der Waals surface area contributed by atoms with Crippen LogP contribution in [0.25, 0.3) is 10.1 Å². The first-order valence-electron chi connectivity index (χ1n) is 4.63. The molecule has 0 amide bonds. The Hall–Kier alpha value is -0.470. The lowest BCUT2D eigenvalue weighted by Crippen LogP contribution is -2.06. The van der Waals surface area contributed by atoms with Crippen LogP contribution in [0.4, 0.5) is 0 Å². The van der Waals surface area contributed by atoms with Crippen LogP contribution in [-0.2, 0) is 0 Å². The molecule has 0 nitrogen and oxygen atoms in total. The topological polar surface area (TPSA) is 0 Å². The average Bonchev–Trinajstić information content (AvgIpc) is 2.47. The monoisotopic (exact) mass is 221 g/mol. The second-order valence-corrected chi connectivity index (χ2v) is 7.06. The fourth-order valence-electron chi connectivity index (χ4n) is 1.30. The Kier molecular flexibility index (Phi) is 2.58. The smallest absolute Gasteiger partial charge is 0.0455 e. The van der Waals surface area contributed by atoms with E-state index < -0.39 is 0 Å². The van der Waals surface area contributed by atoms with E-state index >= 15 is 0 Å². The summed E-state index contributed by atoms with van der Waals surface area (Å²) in [6, 6.07) is 8.67. The van der Waals surface area contributed by atoms with Gasteiger partial charge < -0.3 is 0 Å². The first-order valence-corrected chi connectivity index (χ1v) is 6.26. The lowest BCUT2D eigenvalue weighted by atomic mass is 10.2. The van der Waals surface area contributed by atoms with Crippen LogP contribution in [0.5, 0.6) is 0 Å². The van der Waals surface area contributed by atoms with E-state index in [2.05, 4.69) is 44.4 Å². The van der Waals surface area contributed by atoms with E-state index in [1.165, 1.54) is 15.0 Å². The molecule has 1 aromatic heterocycles. The predicted molar refractivity (Wildman–Crippen MR) is 66.3 cm³/mol. The molecule has 0 bridgehead atoms. The van der Waals surface area contributed by atoms with Gasteiger partial charge in [-0.1, -0.05) is 26.8 Å². The standard InChI is InChI=1S/C12H13S2/c1-12(2,3)14-10-5-4-9-6-7-13-11(9)8-10/h4-6,8H,1-3H3. The molecule has 0 unspecified atom stereocenters. The van der Waals surface area contributed by atoms with Gasteiger partial charge in [0.05, 0.1) is 0 Å². The lowest BCUT2D eigenvalue weighted by Gasteiger charge is -2.17. The number of rotatable bonds is 1. The zero-order valence-corrected chi connectivity index (χ0v) is 10.3. The zero-order valence-electron chi connectivity index (χ0n) is 8.63. The quantitative estimate of drug-likeness (QED) is 0.635. The third kappa shape index (κ3) is 2.31. The Balaban J connectivity index is 2.35. The SMILES string of the molecule is CC(C)(C)Sc1ccc2c[c]sc2c1. The van der Waals surface area contributed by atoms with Gasteiger partial charge in [-0.2, -0.15) is 0 Å². The van der Waals surface area contributed by atoms with E-state index in [0.717, 1.165) is 0 Å². The molecule has 0 N–H and O–H groups in total. The van der Waals surface area contributed by atoms with Crippen molar-refractivity contribution < 1.29 is 0 Å². The van der Waals surface area contributed by atoms with Crippen LogP contribution in [0.15, 0.2) is 29.2 Å². The normalized spacial score (nSPS) is 12.2. The molecule has 0 saturated carbocycles. The fraction of sp³-hybridized carbons (Fsp3) is 0.333. The summed E-state index contributed by atoms with van der Waals surface area (Å²) in [5, 5.41) is 4.46. The molecule has 0 atom stereocenters. The van der Waals surface area contributed by atoms with Gasteiger partial charge in [0.1, 0.15) is 0 Å². The van der Waals surface area contributed by atoms with E-state index in [4.69, 9.17) is 0 Å². The summed E-state index contributed by atoms with van der Waals surface area (Å²) in [6.07, 6.45) is 0. The number of hydrogen-bond acceptors (Lipinski definition) is 2. The van der Waals surface area contributed by atoms with E-state index in [1.54, 1.807) is 11.3 Å². The van der Waals surface area contributed by atoms with Gasteiger partial charge in [0.15, 0.2) is 0 Å². The van der Waals surface area contributed by atoms with Gasteiger partial charge in [-0.25, -0.2) is 0 Å². The van der Waals surface area contributed by atoms with Crippen LogP contribution >= 0.6 is 23.1 Å². The molecule has 0 aliphatic carbocycles. The third-order valence-corrected chi connectivity index (χ3v) is 3.70. The van der Waals surface area contributed by atoms with E-state index in [1.807, 2.05) is 17.8 Å². The van der Waals surface area contributed by atoms with Crippen LogP contribution < -0.4 is 0 Å². The molecule has 1 aromatic carbocycles. The Morgan fingerprint density at radius 3 is 2.79 bits per heavy atom. The first kappa shape index (κ1) is 10.1. The molecule has 2 rings (SSSR count). The molecule has 0 aliphatic rings. The van der Waals surface area contributed by atoms with Gasteiger partial charge >= 0.3 is 0 Å². The number of thiophene rings is 1. The molecule has 2 heteroatoms. The largest absolute Gasteiger partial charge is 0.134 e. The van der Waals surface area contributed by atoms with Gasteiger partial charge in [0, 0.05) is 19.7 Å². The van der Waals surface area contributed by atoms with Crippen LogP contribution in [-0.4, -0.2) is 4.75 Å². The molecule has 73 valence electrons. The van der Waals surface area contributed by atoms with Gasteiger partial charge in [-0.3, -0.25) is 0 Å². The van der Waals surface area contributed by atoms with Crippen LogP contribution in [0.1, 0.15) is 20.8 Å². The Labute approximate surface area is 93.3 Å². The highest BCUT2D eigenvalue weighted by molar-refractivity contribution is 8.00. The second kappa shape index (κ2) is 3.59. The maximum absolute atomic E-state index is 3.16. The molecule has 0 fully saturated rings. The Morgan fingerprint density at radius 2 is 2.07 bits per heavy atom.